The third-order valence-corrected chi connectivity index (χ3v) is 6.65. The Labute approximate surface area is 179 Å². The monoisotopic (exact) mass is 416 g/mol. The molecule has 1 amide bonds. The average Bonchev–Trinajstić information content (AvgIpc) is 3.28. The summed E-state index contributed by atoms with van der Waals surface area (Å²) in [7, 11) is 0. The van der Waals surface area contributed by atoms with E-state index in [1.54, 1.807) is 12.1 Å². The van der Waals surface area contributed by atoms with Gasteiger partial charge >= 0.3 is 11.8 Å². The molecule has 2 aliphatic rings. The number of carbonyl (C=O) groups is 1. The summed E-state index contributed by atoms with van der Waals surface area (Å²) in [4.78, 5) is 30.1. The second-order valence-electron chi connectivity index (χ2n) is 8.46. The zero-order valence-electron chi connectivity index (χ0n) is 17.3. The molecule has 7 heteroatoms. The molecule has 0 spiro atoms. The lowest BCUT2D eigenvalue weighted by Crippen LogP contribution is -2.41. The number of cyclic esters (lactones) is 1. The van der Waals surface area contributed by atoms with Crippen molar-refractivity contribution in [2.75, 3.05) is 0 Å². The van der Waals surface area contributed by atoms with Gasteiger partial charge in [-0.2, -0.15) is 5.26 Å². The Hall–Kier alpha value is -3.53. The van der Waals surface area contributed by atoms with Crippen molar-refractivity contribution >= 4 is 17.1 Å². The Morgan fingerprint density at radius 2 is 1.74 bits per heavy atom. The molecule has 2 fully saturated rings. The molecule has 1 aromatic heterocycles. The summed E-state index contributed by atoms with van der Waals surface area (Å²) >= 11 is 0. The van der Waals surface area contributed by atoms with E-state index in [2.05, 4.69) is 11.1 Å². The van der Waals surface area contributed by atoms with Crippen LogP contribution < -0.4 is 5.69 Å². The first-order valence-corrected chi connectivity index (χ1v) is 10.7. The molecule has 3 aromatic rings. The van der Waals surface area contributed by atoms with E-state index in [1.165, 1.54) is 0 Å². The van der Waals surface area contributed by atoms with Crippen LogP contribution in [0.1, 0.15) is 55.8 Å². The molecule has 1 unspecified atom stereocenters. The molecule has 5 rings (SSSR count). The van der Waals surface area contributed by atoms with E-state index < -0.39 is 0 Å². The molecular weight excluding hydrogens is 392 g/mol. The van der Waals surface area contributed by atoms with Gasteiger partial charge in [0.1, 0.15) is 6.10 Å². The summed E-state index contributed by atoms with van der Waals surface area (Å²) in [5, 5.41) is 9.11. The highest BCUT2D eigenvalue weighted by Crippen LogP contribution is 2.40. The van der Waals surface area contributed by atoms with Crippen molar-refractivity contribution in [2.24, 2.45) is 0 Å². The molecule has 31 heavy (non-hydrogen) atoms. The quantitative estimate of drug-likeness (QED) is 0.690. The lowest BCUT2D eigenvalue weighted by atomic mass is 9.88. The number of hydrogen-bond donors (Lipinski definition) is 1. The van der Waals surface area contributed by atoms with Crippen LogP contribution in [-0.4, -0.2) is 32.7 Å². The van der Waals surface area contributed by atoms with Gasteiger partial charge in [0.2, 0.25) is 0 Å². The SMILES string of the molecule is CC1OC(=O)N(C2CCC(n3c(=O)[nH]c4cc(C#N)ccc43)CC2)[C@H]1c1ccccc1. The maximum absolute atomic E-state index is 12.7. The van der Waals surface area contributed by atoms with Gasteiger partial charge in [-0.05, 0) is 56.4 Å². The van der Waals surface area contributed by atoms with Crippen molar-refractivity contribution in [3.63, 3.8) is 0 Å². The highest BCUT2D eigenvalue weighted by atomic mass is 16.6. The van der Waals surface area contributed by atoms with Gasteiger partial charge in [0.25, 0.3) is 0 Å². The Kier molecular flexibility index (Phi) is 4.78. The number of nitrogens with zero attached hydrogens (tertiary/aromatic N) is 3. The van der Waals surface area contributed by atoms with E-state index in [0.29, 0.717) is 11.1 Å². The Morgan fingerprint density at radius 1 is 1.03 bits per heavy atom. The fourth-order valence-electron chi connectivity index (χ4n) is 5.24. The maximum Gasteiger partial charge on any atom is 0.411 e. The highest BCUT2D eigenvalue weighted by molar-refractivity contribution is 5.77. The molecule has 0 radical (unpaired) electrons. The van der Waals surface area contributed by atoms with Gasteiger partial charge < -0.3 is 9.72 Å². The Bertz CT molecular complexity index is 1220. The first-order chi connectivity index (χ1) is 15.1. The number of imidazole rings is 1. The number of nitriles is 1. The summed E-state index contributed by atoms with van der Waals surface area (Å²) in [5.74, 6) is 0. The van der Waals surface area contributed by atoms with E-state index in [1.807, 2.05) is 52.8 Å². The normalized spacial score (nSPS) is 26.1. The molecule has 2 aromatic carbocycles. The van der Waals surface area contributed by atoms with Crippen LogP contribution >= 0.6 is 0 Å². The number of aromatic nitrogens is 2. The second-order valence-corrected chi connectivity index (χ2v) is 8.46. The van der Waals surface area contributed by atoms with Crippen molar-refractivity contribution < 1.29 is 9.53 Å². The van der Waals surface area contributed by atoms with Gasteiger partial charge in [-0.3, -0.25) is 9.47 Å². The Balaban J connectivity index is 1.38. The number of carbonyl (C=O) groups excluding carboxylic acids is 1. The average molecular weight is 416 g/mol. The molecule has 1 saturated carbocycles. The molecule has 2 heterocycles. The van der Waals surface area contributed by atoms with Crippen LogP contribution in [-0.2, 0) is 4.74 Å². The molecule has 1 saturated heterocycles. The van der Waals surface area contributed by atoms with Crippen LogP contribution in [0.2, 0.25) is 0 Å². The molecule has 1 aliphatic carbocycles. The largest absolute Gasteiger partial charge is 0.444 e. The minimum atomic E-state index is -0.252. The number of fused-ring (bicyclic) bond motifs is 1. The van der Waals surface area contributed by atoms with Gasteiger partial charge in [0.05, 0.1) is 28.7 Å². The van der Waals surface area contributed by atoms with Crippen LogP contribution in [0.5, 0.6) is 0 Å². The van der Waals surface area contributed by atoms with E-state index in [4.69, 9.17) is 10.00 Å². The van der Waals surface area contributed by atoms with Gasteiger partial charge in [-0.1, -0.05) is 30.3 Å². The van der Waals surface area contributed by atoms with E-state index in [0.717, 1.165) is 36.8 Å². The topological polar surface area (TPSA) is 91.1 Å². The Morgan fingerprint density at radius 3 is 2.45 bits per heavy atom. The predicted octanol–water partition coefficient (Wildman–Crippen LogP) is 4.27. The number of H-pyrrole nitrogens is 1. The molecule has 2 atom stereocenters. The van der Waals surface area contributed by atoms with Crippen LogP contribution in [0.15, 0.2) is 53.3 Å². The number of benzene rings is 2. The zero-order valence-corrected chi connectivity index (χ0v) is 17.3. The molecule has 158 valence electrons. The summed E-state index contributed by atoms with van der Waals surface area (Å²) in [6.45, 7) is 1.95. The minimum absolute atomic E-state index is 0.0663. The first-order valence-electron chi connectivity index (χ1n) is 10.7. The van der Waals surface area contributed by atoms with Crippen LogP contribution in [0, 0.1) is 11.3 Å². The number of amides is 1. The van der Waals surface area contributed by atoms with E-state index in [9.17, 15) is 9.59 Å². The van der Waals surface area contributed by atoms with Crippen molar-refractivity contribution in [3.8, 4) is 6.07 Å². The molecule has 7 nitrogen and oxygen atoms in total. The maximum atomic E-state index is 12.7. The van der Waals surface area contributed by atoms with Crippen molar-refractivity contribution in [1.29, 1.82) is 5.26 Å². The lowest BCUT2D eigenvalue weighted by Gasteiger charge is -2.37. The van der Waals surface area contributed by atoms with Gasteiger partial charge in [-0.15, -0.1) is 0 Å². The summed E-state index contributed by atoms with van der Waals surface area (Å²) in [6.07, 6.45) is 2.78. The van der Waals surface area contributed by atoms with E-state index in [-0.39, 0.29) is 36.0 Å². The third kappa shape index (κ3) is 3.28. The van der Waals surface area contributed by atoms with Crippen molar-refractivity contribution in [1.82, 2.24) is 14.5 Å². The molecular formula is C24H24N4O3. The van der Waals surface area contributed by atoms with Crippen molar-refractivity contribution in [2.45, 2.75) is 56.8 Å². The third-order valence-electron chi connectivity index (χ3n) is 6.65. The highest BCUT2D eigenvalue weighted by Gasteiger charge is 2.44. The van der Waals surface area contributed by atoms with Gasteiger partial charge in [-0.25, -0.2) is 9.59 Å². The van der Waals surface area contributed by atoms with E-state index >= 15 is 0 Å². The minimum Gasteiger partial charge on any atom is -0.444 e. The fourth-order valence-corrected chi connectivity index (χ4v) is 5.24. The lowest BCUT2D eigenvalue weighted by molar-refractivity contribution is 0.121. The number of rotatable bonds is 3. The van der Waals surface area contributed by atoms with Crippen LogP contribution in [0.4, 0.5) is 4.79 Å². The van der Waals surface area contributed by atoms with Crippen LogP contribution in [0.25, 0.3) is 11.0 Å². The number of ether oxygens (including phenoxy) is 1. The van der Waals surface area contributed by atoms with Crippen molar-refractivity contribution in [3.05, 3.63) is 70.1 Å². The summed E-state index contributed by atoms with van der Waals surface area (Å²) < 4.78 is 7.40. The summed E-state index contributed by atoms with van der Waals surface area (Å²) in [6, 6.07) is 17.5. The summed E-state index contributed by atoms with van der Waals surface area (Å²) in [5.41, 5.74) is 2.98. The number of hydrogen-bond acceptors (Lipinski definition) is 4. The van der Waals surface area contributed by atoms with Crippen LogP contribution in [0.3, 0.4) is 0 Å². The molecule has 0 bridgehead atoms. The smallest absolute Gasteiger partial charge is 0.411 e. The molecule has 1 aliphatic heterocycles. The number of aromatic amines is 1. The molecule has 1 N–H and O–H groups in total. The first kappa shape index (κ1) is 19.4. The van der Waals surface area contributed by atoms with Gasteiger partial charge in [0.15, 0.2) is 0 Å². The number of nitrogens with one attached hydrogen (secondary N) is 1. The fraction of sp³-hybridized carbons (Fsp3) is 0.375. The standard InChI is InChI=1S/C24H24N4O3/c1-15-22(17-5-3-2-4-6-17)28(24(30)31-15)19-10-8-18(9-11-19)27-21-12-7-16(14-25)13-20(21)26-23(27)29/h2-7,12-13,15,18-19,22H,8-11H2,1H3,(H,26,29)/t15?,18?,19?,22-/m1/s1. The predicted molar refractivity (Wildman–Crippen MR) is 116 cm³/mol. The second kappa shape index (κ2) is 7.62. The van der Waals surface area contributed by atoms with Gasteiger partial charge in [0, 0.05) is 12.1 Å². The zero-order chi connectivity index (χ0) is 21.5.